The molecule has 0 spiro atoms. The zero-order valence-corrected chi connectivity index (χ0v) is 17.0. The van der Waals surface area contributed by atoms with Gasteiger partial charge < -0.3 is 10.1 Å². The molecule has 6 nitrogen and oxygen atoms in total. The lowest BCUT2D eigenvalue weighted by atomic mass is 10.1. The summed E-state index contributed by atoms with van der Waals surface area (Å²) in [5, 5.41) is 9.37. The Morgan fingerprint density at radius 3 is 2.50 bits per heavy atom. The minimum Gasteiger partial charge on any atom is -0.469 e. The van der Waals surface area contributed by atoms with Crippen LogP contribution < -0.4 is 5.32 Å². The largest absolute Gasteiger partial charge is 0.469 e. The fourth-order valence-corrected chi connectivity index (χ4v) is 3.43. The Morgan fingerprint density at radius 2 is 2.04 bits per heavy atom. The van der Waals surface area contributed by atoms with Crippen LogP contribution in [-0.2, 0) is 15.1 Å². The molecule has 0 aliphatic carbocycles. The van der Waals surface area contributed by atoms with Crippen molar-refractivity contribution in [3.8, 4) is 0 Å². The number of thiophene rings is 1. The molecule has 7 heteroatoms. The van der Waals surface area contributed by atoms with E-state index >= 15 is 0 Å². The highest BCUT2D eigenvalue weighted by Gasteiger charge is 2.26. The van der Waals surface area contributed by atoms with Gasteiger partial charge in [0, 0.05) is 10.6 Å². The Balaban J connectivity index is 2.28. The smallest absolute Gasteiger partial charge is 0.307 e. The van der Waals surface area contributed by atoms with E-state index in [2.05, 4.69) is 45.0 Å². The van der Waals surface area contributed by atoms with Crippen molar-refractivity contribution in [3.05, 3.63) is 39.8 Å². The van der Waals surface area contributed by atoms with Gasteiger partial charge in [-0.3, -0.25) is 14.3 Å². The number of carbonyl (C=O) groups excluding carboxylic acids is 2. The predicted octanol–water partition coefficient (Wildman–Crippen LogP) is 3.86. The Kier molecular flexibility index (Phi) is 6.23. The summed E-state index contributed by atoms with van der Waals surface area (Å²) in [5.74, 6) is -0.421. The van der Waals surface area contributed by atoms with Gasteiger partial charge in [0.05, 0.1) is 25.1 Å². The number of amides is 1. The van der Waals surface area contributed by atoms with Gasteiger partial charge in [0.2, 0.25) is 0 Å². The summed E-state index contributed by atoms with van der Waals surface area (Å²) < 4.78 is 6.66. The third-order valence-electron chi connectivity index (χ3n) is 3.99. The molecule has 142 valence electrons. The van der Waals surface area contributed by atoms with Gasteiger partial charge in [-0.2, -0.15) is 5.10 Å². The molecule has 0 fully saturated rings. The molecule has 2 aromatic rings. The summed E-state index contributed by atoms with van der Waals surface area (Å²) in [6, 6.07) is 5.18. The summed E-state index contributed by atoms with van der Waals surface area (Å²) in [5.41, 5.74) is 1.13. The van der Waals surface area contributed by atoms with E-state index in [0.29, 0.717) is 5.69 Å². The second kappa shape index (κ2) is 8.03. The molecule has 1 amide bonds. The number of esters is 1. The minimum absolute atomic E-state index is 0.0831. The van der Waals surface area contributed by atoms with Crippen molar-refractivity contribution >= 4 is 23.2 Å². The molecule has 1 atom stereocenters. The minimum atomic E-state index is -0.433. The summed E-state index contributed by atoms with van der Waals surface area (Å²) in [4.78, 5) is 25.4. The van der Waals surface area contributed by atoms with E-state index in [9.17, 15) is 9.59 Å². The Labute approximate surface area is 158 Å². The molecule has 2 aromatic heterocycles. The topological polar surface area (TPSA) is 73.2 Å². The van der Waals surface area contributed by atoms with Crippen molar-refractivity contribution in [1.82, 2.24) is 15.1 Å². The van der Waals surface area contributed by atoms with Gasteiger partial charge in [-0.25, -0.2) is 0 Å². The van der Waals surface area contributed by atoms with Crippen molar-refractivity contribution in [2.45, 2.75) is 58.5 Å². The van der Waals surface area contributed by atoms with Crippen LogP contribution in [-0.4, -0.2) is 28.8 Å². The second-order valence-electron chi connectivity index (χ2n) is 7.51. The lowest BCUT2D eigenvalue weighted by Gasteiger charge is -2.23. The number of rotatable bonds is 6. The highest BCUT2D eigenvalue weighted by molar-refractivity contribution is 7.10. The molecule has 0 saturated carbocycles. The maximum atomic E-state index is 12.8. The Bertz CT molecular complexity index is 758. The first-order valence-corrected chi connectivity index (χ1v) is 9.53. The zero-order chi connectivity index (χ0) is 19.5. The van der Waals surface area contributed by atoms with Gasteiger partial charge in [0.15, 0.2) is 0 Å². The van der Waals surface area contributed by atoms with E-state index in [-0.39, 0.29) is 29.8 Å². The van der Waals surface area contributed by atoms with Crippen LogP contribution in [0.4, 0.5) is 0 Å². The SMILES string of the molecule is COC(=O)CC(NC(=O)c1cc(C(C)C)n(C(C)(C)C)n1)c1cccs1. The first-order chi connectivity index (χ1) is 12.1. The number of carbonyl (C=O) groups is 2. The number of hydrogen-bond acceptors (Lipinski definition) is 5. The predicted molar refractivity (Wildman–Crippen MR) is 102 cm³/mol. The van der Waals surface area contributed by atoms with Crippen LogP contribution in [0.25, 0.3) is 0 Å². The average Bonchev–Trinajstić information content (AvgIpc) is 3.22. The first kappa shape index (κ1) is 20.2. The molecular weight excluding hydrogens is 350 g/mol. The summed E-state index contributed by atoms with van der Waals surface area (Å²) >= 11 is 1.49. The quantitative estimate of drug-likeness (QED) is 0.776. The van der Waals surface area contributed by atoms with Crippen molar-refractivity contribution < 1.29 is 14.3 Å². The second-order valence-corrected chi connectivity index (χ2v) is 8.49. The number of nitrogens with one attached hydrogen (secondary N) is 1. The van der Waals surface area contributed by atoms with Crippen LogP contribution in [0.5, 0.6) is 0 Å². The van der Waals surface area contributed by atoms with Gasteiger partial charge in [0.1, 0.15) is 5.69 Å². The normalized spacial score (nSPS) is 12.9. The maximum Gasteiger partial charge on any atom is 0.307 e. The lowest BCUT2D eigenvalue weighted by molar-refractivity contribution is -0.141. The average molecular weight is 378 g/mol. The van der Waals surface area contributed by atoms with E-state index in [1.54, 1.807) is 0 Å². The molecule has 26 heavy (non-hydrogen) atoms. The standard InChI is InChI=1S/C19H27N3O3S/c1-12(2)15-10-14(21-22(15)19(3,4)5)18(24)20-13(11-17(23)25-6)16-8-7-9-26-16/h7-10,12-13H,11H2,1-6H3,(H,20,24). The lowest BCUT2D eigenvalue weighted by Crippen LogP contribution is -2.31. The molecule has 0 aliphatic rings. The van der Waals surface area contributed by atoms with Crippen LogP contribution in [0.3, 0.4) is 0 Å². The number of aromatic nitrogens is 2. The Morgan fingerprint density at radius 1 is 1.35 bits per heavy atom. The van der Waals surface area contributed by atoms with Crippen LogP contribution in [0.1, 0.15) is 74.1 Å². The van der Waals surface area contributed by atoms with Crippen molar-refractivity contribution in [3.63, 3.8) is 0 Å². The molecule has 2 heterocycles. The van der Waals surface area contributed by atoms with Gasteiger partial charge in [-0.15, -0.1) is 11.3 Å². The van der Waals surface area contributed by atoms with Crippen LogP contribution in [0, 0.1) is 0 Å². The molecule has 0 aromatic carbocycles. The summed E-state index contributed by atoms with van der Waals surface area (Å²) in [6.07, 6.45) is 0.0831. The number of nitrogens with zero attached hydrogens (tertiary/aromatic N) is 2. The van der Waals surface area contributed by atoms with Gasteiger partial charge in [-0.1, -0.05) is 19.9 Å². The molecule has 0 bridgehead atoms. The first-order valence-electron chi connectivity index (χ1n) is 8.65. The van der Waals surface area contributed by atoms with E-state index < -0.39 is 6.04 Å². The van der Waals surface area contributed by atoms with Crippen LogP contribution in [0.15, 0.2) is 23.6 Å². The number of hydrogen-bond donors (Lipinski definition) is 1. The molecule has 2 rings (SSSR count). The van der Waals surface area contributed by atoms with E-state index in [0.717, 1.165) is 10.6 Å². The van der Waals surface area contributed by atoms with Crippen LogP contribution >= 0.6 is 11.3 Å². The van der Waals surface area contributed by atoms with Crippen molar-refractivity contribution in [2.24, 2.45) is 0 Å². The Hall–Kier alpha value is -2.15. The van der Waals surface area contributed by atoms with E-state index in [4.69, 9.17) is 4.74 Å². The van der Waals surface area contributed by atoms with Crippen molar-refractivity contribution in [2.75, 3.05) is 7.11 Å². The maximum absolute atomic E-state index is 12.8. The number of ether oxygens (including phenoxy) is 1. The zero-order valence-electron chi connectivity index (χ0n) is 16.2. The van der Waals surface area contributed by atoms with Crippen LogP contribution in [0.2, 0.25) is 0 Å². The molecular formula is C19H27N3O3S. The molecule has 1 unspecified atom stereocenters. The van der Waals surface area contributed by atoms with Crippen molar-refractivity contribution in [1.29, 1.82) is 0 Å². The summed E-state index contributed by atoms with van der Waals surface area (Å²) in [6.45, 7) is 10.3. The van der Waals surface area contributed by atoms with Gasteiger partial charge >= 0.3 is 5.97 Å². The monoisotopic (exact) mass is 377 g/mol. The highest BCUT2D eigenvalue weighted by atomic mass is 32.1. The summed E-state index contributed by atoms with van der Waals surface area (Å²) in [7, 11) is 1.34. The fourth-order valence-electron chi connectivity index (χ4n) is 2.65. The number of methoxy groups -OCH3 is 1. The highest BCUT2D eigenvalue weighted by Crippen LogP contribution is 2.25. The fraction of sp³-hybridized carbons (Fsp3) is 0.526. The third kappa shape index (κ3) is 4.72. The molecule has 0 radical (unpaired) electrons. The molecule has 0 saturated heterocycles. The van der Waals surface area contributed by atoms with Gasteiger partial charge in [0.25, 0.3) is 5.91 Å². The molecule has 0 aliphatic heterocycles. The van der Waals surface area contributed by atoms with E-state index in [1.807, 2.05) is 28.3 Å². The van der Waals surface area contributed by atoms with Gasteiger partial charge in [-0.05, 0) is 44.2 Å². The third-order valence-corrected chi connectivity index (χ3v) is 4.97. The molecule has 1 N–H and O–H groups in total. The van der Waals surface area contributed by atoms with E-state index in [1.165, 1.54) is 18.4 Å².